The van der Waals surface area contributed by atoms with Crippen LogP contribution in [-0.2, 0) is 11.2 Å². The predicted molar refractivity (Wildman–Crippen MR) is 70.5 cm³/mol. The average Bonchev–Trinajstić information content (AvgIpc) is 2.35. The molecule has 17 heavy (non-hydrogen) atoms. The molecule has 1 rings (SSSR count). The Labute approximate surface area is 103 Å². The van der Waals surface area contributed by atoms with Crippen LogP contribution in [0.15, 0.2) is 24.3 Å². The summed E-state index contributed by atoms with van der Waals surface area (Å²) in [7, 11) is 1.94. The van der Waals surface area contributed by atoms with E-state index in [1.807, 2.05) is 31.0 Å². The molecule has 0 aliphatic carbocycles. The molecule has 0 aromatic heterocycles. The summed E-state index contributed by atoms with van der Waals surface area (Å²) in [5, 5.41) is 9.02. The molecule has 0 saturated heterocycles. The lowest BCUT2D eigenvalue weighted by molar-refractivity contribution is -0.141. The van der Waals surface area contributed by atoms with Crippen molar-refractivity contribution in [2.45, 2.75) is 26.7 Å². The quantitative estimate of drug-likeness (QED) is 0.824. The molecule has 94 valence electrons. The fourth-order valence-electron chi connectivity index (χ4n) is 1.80. The highest BCUT2D eigenvalue weighted by Gasteiger charge is 2.17. The Morgan fingerprint density at radius 2 is 1.88 bits per heavy atom. The standard InChI is InChI=1S/C14H21NO2/c1-4-11-6-8-13(9-7-11)15(3)10-12(5-2)14(16)17/h6-9,12H,4-5,10H2,1-3H3,(H,16,17). The Hall–Kier alpha value is -1.51. The van der Waals surface area contributed by atoms with Crippen LogP contribution in [0.3, 0.4) is 0 Å². The Morgan fingerprint density at radius 1 is 1.29 bits per heavy atom. The fraction of sp³-hybridized carbons (Fsp3) is 0.500. The molecule has 1 unspecified atom stereocenters. The molecule has 1 aromatic rings. The summed E-state index contributed by atoms with van der Waals surface area (Å²) in [4.78, 5) is 13.0. The number of carbonyl (C=O) groups is 1. The third-order valence-corrected chi connectivity index (χ3v) is 3.12. The molecule has 3 nitrogen and oxygen atoms in total. The number of hydrogen-bond acceptors (Lipinski definition) is 2. The fourth-order valence-corrected chi connectivity index (χ4v) is 1.80. The summed E-state index contributed by atoms with van der Waals surface area (Å²) in [5.74, 6) is -1.02. The minimum absolute atomic E-state index is 0.300. The lowest BCUT2D eigenvalue weighted by atomic mass is 10.1. The molecule has 3 heteroatoms. The lowest BCUT2D eigenvalue weighted by Gasteiger charge is -2.23. The number of carboxylic acids is 1. The van der Waals surface area contributed by atoms with E-state index in [9.17, 15) is 4.79 Å². The van der Waals surface area contributed by atoms with Crippen LogP contribution in [0.4, 0.5) is 5.69 Å². The van der Waals surface area contributed by atoms with E-state index in [0.29, 0.717) is 13.0 Å². The SMILES string of the molecule is CCc1ccc(N(C)CC(CC)C(=O)O)cc1. The highest BCUT2D eigenvalue weighted by molar-refractivity contribution is 5.70. The summed E-state index contributed by atoms with van der Waals surface area (Å²) in [6, 6.07) is 8.28. The van der Waals surface area contributed by atoms with Crippen molar-refractivity contribution < 1.29 is 9.90 Å². The zero-order valence-electron chi connectivity index (χ0n) is 10.8. The normalized spacial score (nSPS) is 12.2. The first-order valence-corrected chi connectivity index (χ1v) is 6.11. The number of benzene rings is 1. The van der Waals surface area contributed by atoms with Gasteiger partial charge in [-0.15, -0.1) is 0 Å². The molecular weight excluding hydrogens is 214 g/mol. The average molecular weight is 235 g/mol. The van der Waals surface area contributed by atoms with E-state index in [1.54, 1.807) is 0 Å². The van der Waals surface area contributed by atoms with Crippen molar-refractivity contribution in [3.8, 4) is 0 Å². The number of aryl methyl sites for hydroxylation is 1. The number of anilines is 1. The molecule has 0 heterocycles. The third-order valence-electron chi connectivity index (χ3n) is 3.12. The summed E-state index contributed by atoms with van der Waals surface area (Å²) in [5.41, 5.74) is 2.37. The maximum atomic E-state index is 11.0. The van der Waals surface area contributed by atoms with Gasteiger partial charge >= 0.3 is 5.97 Å². The maximum Gasteiger partial charge on any atom is 0.308 e. The first kappa shape index (κ1) is 13.6. The first-order valence-electron chi connectivity index (χ1n) is 6.11. The van der Waals surface area contributed by atoms with Crippen LogP contribution in [0.1, 0.15) is 25.8 Å². The van der Waals surface area contributed by atoms with Crippen molar-refractivity contribution in [2.24, 2.45) is 5.92 Å². The number of carboxylic acid groups (broad SMARTS) is 1. The van der Waals surface area contributed by atoms with Gasteiger partial charge in [0.1, 0.15) is 0 Å². The molecular formula is C14H21NO2. The Morgan fingerprint density at radius 3 is 2.29 bits per heavy atom. The van der Waals surface area contributed by atoms with E-state index in [2.05, 4.69) is 19.1 Å². The van der Waals surface area contributed by atoms with Gasteiger partial charge in [-0.1, -0.05) is 26.0 Å². The van der Waals surface area contributed by atoms with E-state index in [-0.39, 0.29) is 5.92 Å². The van der Waals surface area contributed by atoms with Gasteiger partial charge in [0.15, 0.2) is 0 Å². The van der Waals surface area contributed by atoms with E-state index in [4.69, 9.17) is 5.11 Å². The van der Waals surface area contributed by atoms with Crippen molar-refractivity contribution >= 4 is 11.7 Å². The van der Waals surface area contributed by atoms with E-state index in [0.717, 1.165) is 12.1 Å². The molecule has 0 bridgehead atoms. The van der Waals surface area contributed by atoms with Crippen LogP contribution in [0, 0.1) is 5.92 Å². The van der Waals surface area contributed by atoms with Crippen LogP contribution in [0.5, 0.6) is 0 Å². The zero-order valence-corrected chi connectivity index (χ0v) is 10.8. The van der Waals surface area contributed by atoms with Crippen molar-refractivity contribution in [1.29, 1.82) is 0 Å². The van der Waals surface area contributed by atoms with Gasteiger partial charge in [0.25, 0.3) is 0 Å². The van der Waals surface area contributed by atoms with E-state index in [1.165, 1.54) is 5.56 Å². The van der Waals surface area contributed by atoms with Gasteiger partial charge in [0.05, 0.1) is 5.92 Å². The second kappa shape index (κ2) is 6.28. The largest absolute Gasteiger partial charge is 0.481 e. The van der Waals surface area contributed by atoms with E-state index < -0.39 is 5.97 Å². The highest BCUT2D eigenvalue weighted by atomic mass is 16.4. The zero-order chi connectivity index (χ0) is 12.8. The van der Waals surface area contributed by atoms with Crippen LogP contribution in [0.25, 0.3) is 0 Å². The maximum absolute atomic E-state index is 11.0. The topological polar surface area (TPSA) is 40.5 Å². The van der Waals surface area contributed by atoms with Gasteiger partial charge < -0.3 is 10.0 Å². The molecule has 1 N–H and O–H groups in total. The van der Waals surface area contributed by atoms with Crippen molar-refractivity contribution in [2.75, 3.05) is 18.5 Å². The van der Waals surface area contributed by atoms with E-state index >= 15 is 0 Å². The summed E-state index contributed by atoms with van der Waals surface area (Å²) in [6.45, 7) is 4.58. The number of nitrogens with zero attached hydrogens (tertiary/aromatic N) is 1. The molecule has 0 amide bonds. The van der Waals surface area contributed by atoms with Crippen molar-refractivity contribution in [1.82, 2.24) is 0 Å². The van der Waals surface area contributed by atoms with Gasteiger partial charge in [-0.3, -0.25) is 4.79 Å². The van der Waals surface area contributed by atoms with Gasteiger partial charge in [-0.25, -0.2) is 0 Å². The van der Waals surface area contributed by atoms with Crippen LogP contribution >= 0.6 is 0 Å². The van der Waals surface area contributed by atoms with Gasteiger partial charge in [-0.05, 0) is 30.5 Å². The van der Waals surface area contributed by atoms with Gasteiger partial charge in [0.2, 0.25) is 0 Å². The van der Waals surface area contributed by atoms with Gasteiger partial charge in [0, 0.05) is 19.3 Å². The monoisotopic (exact) mass is 235 g/mol. The second-order valence-corrected chi connectivity index (χ2v) is 4.34. The Kier molecular flexibility index (Phi) is 5.01. The minimum atomic E-state index is -0.718. The molecule has 0 fully saturated rings. The predicted octanol–water partition coefficient (Wildman–Crippen LogP) is 2.80. The summed E-state index contributed by atoms with van der Waals surface area (Å²) >= 11 is 0. The Balaban J connectivity index is 2.68. The van der Waals surface area contributed by atoms with Crippen LogP contribution in [-0.4, -0.2) is 24.7 Å². The number of hydrogen-bond donors (Lipinski definition) is 1. The van der Waals surface area contributed by atoms with Gasteiger partial charge in [-0.2, -0.15) is 0 Å². The van der Waals surface area contributed by atoms with Crippen molar-refractivity contribution in [3.63, 3.8) is 0 Å². The molecule has 0 spiro atoms. The number of aliphatic carboxylic acids is 1. The first-order chi connectivity index (χ1) is 8.08. The molecule has 1 atom stereocenters. The summed E-state index contributed by atoms with van der Waals surface area (Å²) < 4.78 is 0. The molecule has 0 aliphatic heterocycles. The van der Waals surface area contributed by atoms with Crippen LogP contribution in [0.2, 0.25) is 0 Å². The molecule has 1 aromatic carbocycles. The Bertz CT molecular complexity index is 359. The number of rotatable bonds is 6. The highest BCUT2D eigenvalue weighted by Crippen LogP contribution is 2.16. The van der Waals surface area contributed by atoms with Crippen molar-refractivity contribution in [3.05, 3.63) is 29.8 Å². The third kappa shape index (κ3) is 3.77. The minimum Gasteiger partial charge on any atom is -0.481 e. The lowest BCUT2D eigenvalue weighted by Crippen LogP contribution is -2.29. The molecule has 0 aliphatic rings. The van der Waals surface area contributed by atoms with Crippen LogP contribution < -0.4 is 4.90 Å². The molecule has 0 radical (unpaired) electrons. The summed E-state index contributed by atoms with van der Waals surface area (Å²) in [6.07, 6.45) is 1.68. The second-order valence-electron chi connectivity index (χ2n) is 4.34. The molecule has 0 saturated carbocycles. The smallest absolute Gasteiger partial charge is 0.308 e.